The predicted molar refractivity (Wildman–Crippen MR) is 53.1 cm³/mol. The van der Waals surface area contributed by atoms with E-state index in [1.54, 1.807) is 6.92 Å². The molecule has 84 valence electrons. The molecule has 0 spiro atoms. The van der Waals surface area contributed by atoms with Gasteiger partial charge >= 0.3 is 0 Å². The van der Waals surface area contributed by atoms with Crippen LogP contribution in [0.3, 0.4) is 0 Å². The van der Waals surface area contributed by atoms with Crippen LogP contribution in [0.2, 0.25) is 0 Å². The molecule has 0 aliphatic heterocycles. The molecule has 15 heavy (non-hydrogen) atoms. The lowest BCUT2D eigenvalue weighted by Gasteiger charge is -2.08. The van der Waals surface area contributed by atoms with E-state index in [2.05, 4.69) is 15.6 Å². The summed E-state index contributed by atoms with van der Waals surface area (Å²) < 4.78 is 1.50. The van der Waals surface area contributed by atoms with Gasteiger partial charge < -0.3 is 16.2 Å². The van der Waals surface area contributed by atoms with Crippen LogP contribution in [0.25, 0.3) is 0 Å². The molecule has 4 N–H and O–H groups in total. The van der Waals surface area contributed by atoms with Crippen molar-refractivity contribution in [3.8, 4) is 0 Å². The number of nitrogens with zero attached hydrogens (tertiary/aromatic N) is 3. The quantitative estimate of drug-likeness (QED) is 0.543. The number of nitrogens with two attached hydrogens (primary N) is 1. The van der Waals surface area contributed by atoms with Gasteiger partial charge in [0.15, 0.2) is 5.69 Å². The van der Waals surface area contributed by atoms with Crippen LogP contribution in [-0.4, -0.2) is 45.2 Å². The van der Waals surface area contributed by atoms with E-state index in [0.717, 1.165) is 0 Å². The predicted octanol–water partition coefficient (Wildman–Crippen LogP) is -1.65. The van der Waals surface area contributed by atoms with Crippen LogP contribution in [0.4, 0.5) is 0 Å². The van der Waals surface area contributed by atoms with E-state index in [9.17, 15) is 4.79 Å². The number of aliphatic hydroxyl groups excluding tert-OH is 1. The summed E-state index contributed by atoms with van der Waals surface area (Å²) in [5.41, 5.74) is 5.55. The SMILES string of the molecule is C[C@H](CO)NC(=O)c1cn(CCN)nn1. The first kappa shape index (κ1) is 11.6. The van der Waals surface area contributed by atoms with Crippen molar-refractivity contribution in [3.05, 3.63) is 11.9 Å². The Morgan fingerprint density at radius 1 is 1.80 bits per heavy atom. The summed E-state index contributed by atoms with van der Waals surface area (Å²) in [6, 6.07) is -0.294. The molecule has 0 unspecified atom stereocenters. The molecule has 0 saturated carbocycles. The van der Waals surface area contributed by atoms with Gasteiger partial charge in [-0.25, -0.2) is 0 Å². The zero-order valence-electron chi connectivity index (χ0n) is 8.55. The Balaban J connectivity index is 2.58. The Hall–Kier alpha value is -1.47. The maximum absolute atomic E-state index is 11.5. The first-order chi connectivity index (χ1) is 7.17. The topological polar surface area (TPSA) is 106 Å². The molecule has 0 saturated heterocycles. The Bertz CT molecular complexity index is 325. The molecule has 1 heterocycles. The molecule has 0 aliphatic carbocycles. The normalized spacial score (nSPS) is 12.5. The molecule has 1 rings (SSSR count). The minimum atomic E-state index is -0.347. The molecule has 7 nitrogen and oxygen atoms in total. The fourth-order valence-electron chi connectivity index (χ4n) is 0.987. The smallest absolute Gasteiger partial charge is 0.273 e. The molecule has 1 aromatic rings. The molecule has 0 bridgehead atoms. The van der Waals surface area contributed by atoms with Crippen LogP contribution in [0.15, 0.2) is 6.20 Å². The van der Waals surface area contributed by atoms with Gasteiger partial charge in [0.1, 0.15) is 0 Å². The zero-order valence-corrected chi connectivity index (χ0v) is 8.55. The summed E-state index contributed by atoms with van der Waals surface area (Å²) in [7, 11) is 0. The second-order valence-corrected chi connectivity index (χ2v) is 3.21. The van der Waals surface area contributed by atoms with Gasteiger partial charge in [-0.05, 0) is 6.92 Å². The molecule has 0 fully saturated rings. The van der Waals surface area contributed by atoms with E-state index in [0.29, 0.717) is 13.1 Å². The van der Waals surface area contributed by atoms with Gasteiger partial charge in [0.2, 0.25) is 0 Å². The van der Waals surface area contributed by atoms with E-state index in [1.165, 1.54) is 10.9 Å². The number of carbonyl (C=O) groups is 1. The van der Waals surface area contributed by atoms with E-state index in [-0.39, 0.29) is 24.2 Å². The second-order valence-electron chi connectivity index (χ2n) is 3.21. The first-order valence-corrected chi connectivity index (χ1v) is 4.69. The third-order valence-corrected chi connectivity index (χ3v) is 1.78. The Morgan fingerprint density at radius 2 is 2.53 bits per heavy atom. The summed E-state index contributed by atoms with van der Waals surface area (Å²) >= 11 is 0. The van der Waals surface area contributed by atoms with Gasteiger partial charge in [-0.15, -0.1) is 5.10 Å². The van der Waals surface area contributed by atoms with E-state index >= 15 is 0 Å². The van der Waals surface area contributed by atoms with Gasteiger partial charge in [-0.2, -0.15) is 0 Å². The Morgan fingerprint density at radius 3 is 3.13 bits per heavy atom. The molecule has 7 heteroatoms. The Kier molecular flexibility index (Phi) is 4.19. The van der Waals surface area contributed by atoms with Crippen molar-refractivity contribution in [3.63, 3.8) is 0 Å². The van der Waals surface area contributed by atoms with Crippen molar-refractivity contribution in [1.82, 2.24) is 20.3 Å². The van der Waals surface area contributed by atoms with Gasteiger partial charge in [-0.3, -0.25) is 9.48 Å². The van der Waals surface area contributed by atoms with E-state index < -0.39 is 0 Å². The summed E-state index contributed by atoms with van der Waals surface area (Å²) in [5, 5.41) is 18.7. The molecular formula is C8H15N5O2. The molecule has 0 aliphatic rings. The van der Waals surface area contributed by atoms with Crippen LogP contribution in [0, 0.1) is 0 Å². The molecule has 1 aromatic heterocycles. The largest absolute Gasteiger partial charge is 0.394 e. The van der Waals surface area contributed by atoms with Crippen LogP contribution < -0.4 is 11.1 Å². The van der Waals surface area contributed by atoms with E-state index in [1.807, 2.05) is 0 Å². The minimum Gasteiger partial charge on any atom is -0.394 e. The van der Waals surface area contributed by atoms with Crippen molar-refractivity contribution in [2.45, 2.75) is 19.5 Å². The highest BCUT2D eigenvalue weighted by Crippen LogP contribution is 1.93. The highest BCUT2D eigenvalue weighted by molar-refractivity contribution is 5.92. The highest BCUT2D eigenvalue weighted by Gasteiger charge is 2.12. The zero-order chi connectivity index (χ0) is 11.3. The lowest BCUT2D eigenvalue weighted by molar-refractivity contribution is 0.0917. The van der Waals surface area contributed by atoms with E-state index in [4.69, 9.17) is 10.8 Å². The average molecular weight is 213 g/mol. The summed E-state index contributed by atoms with van der Waals surface area (Å²) in [6.07, 6.45) is 1.52. The van der Waals surface area contributed by atoms with Crippen LogP contribution >= 0.6 is 0 Å². The molecule has 0 radical (unpaired) electrons. The highest BCUT2D eigenvalue weighted by atomic mass is 16.3. The minimum absolute atomic E-state index is 0.108. The average Bonchev–Trinajstić information content (AvgIpc) is 2.67. The second kappa shape index (κ2) is 5.42. The lowest BCUT2D eigenvalue weighted by Crippen LogP contribution is -2.35. The number of aromatic nitrogens is 3. The van der Waals surface area contributed by atoms with Crippen LogP contribution in [0.1, 0.15) is 17.4 Å². The maximum atomic E-state index is 11.5. The fraction of sp³-hybridized carbons (Fsp3) is 0.625. The molecule has 1 atom stereocenters. The number of hydrogen-bond donors (Lipinski definition) is 3. The van der Waals surface area contributed by atoms with Crippen LogP contribution in [-0.2, 0) is 6.54 Å². The number of amides is 1. The van der Waals surface area contributed by atoms with Gasteiger partial charge in [0, 0.05) is 12.6 Å². The summed E-state index contributed by atoms with van der Waals surface area (Å²) in [4.78, 5) is 11.5. The third kappa shape index (κ3) is 3.30. The number of rotatable bonds is 5. The lowest BCUT2D eigenvalue weighted by atomic mass is 10.3. The maximum Gasteiger partial charge on any atom is 0.273 e. The number of hydrogen-bond acceptors (Lipinski definition) is 5. The molecule has 1 amide bonds. The summed E-state index contributed by atoms with van der Waals surface area (Å²) in [5.74, 6) is -0.347. The first-order valence-electron chi connectivity index (χ1n) is 4.69. The van der Waals surface area contributed by atoms with Crippen molar-refractivity contribution >= 4 is 5.91 Å². The standard InChI is InChI=1S/C8H15N5O2/c1-6(5-14)10-8(15)7-4-13(3-2-9)12-11-7/h4,6,14H,2-3,5,9H2,1H3,(H,10,15)/t6-/m1/s1. The summed E-state index contributed by atoms with van der Waals surface area (Å²) in [6.45, 7) is 2.55. The van der Waals surface area contributed by atoms with Crippen molar-refractivity contribution < 1.29 is 9.90 Å². The Labute approximate surface area is 87.3 Å². The fourth-order valence-corrected chi connectivity index (χ4v) is 0.987. The van der Waals surface area contributed by atoms with Crippen molar-refractivity contribution in [2.75, 3.05) is 13.2 Å². The van der Waals surface area contributed by atoms with Gasteiger partial charge in [0.25, 0.3) is 5.91 Å². The third-order valence-electron chi connectivity index (χ3n) is 1.78. The molecule has 0 aromatic carbocycles. The van der Waals surface area contributed by atoms with Crippen molar-refractivity contribution in [1.29, 1.82) is 0 Å². The molecular weight excluding hydrogens is 198 g/mol. The number of aliphatic hydroxyl groups is 1. The van der Waals surface area contributed by atoms with Crippen molar-refractivity contribution in [2.24, 2.45) is 5.73 Å². The monoisotopic (exact) mass is 213 g/mol. The number of carbonyl (C=O) groups excluding carboxylic acids is 1. The number of nitrogens with one attached hydrogen (secondary N) is 1. The van der Waals surface area contributed by atoms with Gasteiger partial charge in [0.05, 0.1) is 19.3 Å². The van der Waals surface area contributed by atoms with Crippen LogP contribution in [0.5, 0.6) is 0 Å². The van der Waals surface area contributed by atoms with Gasteiger partial charge in [-0.1, -0.05) is 5.21 Å².